The van der Waals surface area contributed by atoms with Crippen molar-refractivity contribution in [3.63, 3.8) is 0 Å². The Bertz CT molecular complexity index is 350. The Hall–Kier alpha value is -0.0900. The Kier molecular flexibility index (Phi) is 8.00. The molecule has 2 nitrogen and oxygen atoms in total. The van der Waals surface area contributed by atoms with Crippen LogP contribution in [-0.2, 0) is 6.54 Å². The van der Waals surface area contributed by atoms with Gasteiger partial charge >= 0.3 is 0 Å². The van der Waals surface area contributed by atoms with Crippen LogP contribution in [0, 0.1) is 5.92 Å². The average molecular weight is 348 g/mol. The lowest BCUT2D eigenvalue weighted by molar-refractivity contribution is 0.266. The summed E-state index contributed by atoms with van der Waals surface area (Å²) in [7, 11) is 2.23. The quantitative estimate of drug-likeness (QED) is 0.874. The van der Waals surface area contributed by atoms with Gasteiger partial charge in [0.2, 0.25) is 0 Å². The second-order valence-electron chi connectivity index (χ2n) is 5.35. The number of piperidine rings is 1. The van der Waals surface area contributed by atoms with Gasteiger partial charge in [0.25, 0.3) is 0 Å². The fraction of sp³-hybridized carbons (Fsp3) is 0.600. The van der Waals surface area contributed by atoms with E-state index in [1.807, 2.05) is 0 Å². The first kappa shape index (κ1) is 17.0. The smallest absolute Gasteiger partial charge is 0.0230 e. The maximum atomic E-state index is 3.47. The van der Waals surface area contributed by atoms with Crippen LogP contribution in [0.5, 0.6) is 0 Å². The lowest BCUT2D eigenvalue weighted by Crippen LogP contribution is -2.30. The Morgan fingerprint density at radius 1 is 1.21 bits per heavy atom. The number of hydrogen-bond acceptors (Lipinski definition) is 2. The summed E-state index contributed by atoms with van der Waals surface area (Å²) >= 11 is 3.47. The van der Waals surface area contributed by atoms with Gasteiger partial charge < -0.3 is 10.2 Å². The molecule has 19 heavy (non-hydrogen) atoms. The minimum absolute atomic E-state index is 0. The van der Waals surface area contributed by atoms with Gasteiger partial charge in [0.05, 0.1) is 0 Å². The Balaban J connectivity index is 0.00000180. The predicted octanol–water partition coefficient (Wildman–Crippen LogP) is 3.69. The molecule has 0 radical (unpaired) electrons. The number of rotatable bonds is 5. The molecule has 0 saturated carbocycles. The molecule has 1 aliphatic rings. The molecule has 0 spiro atoms. The van der Waals surface area contributed by atoms with Gasteiger partial charge in [-0.1, -0.05) is 28.1 Å². The van der Waals surface area contributed by atoms with E-state index in [2.05, 4.69) is 57.5 Å². The van der Waals surface area contributed by atoms with Crippen molar-refractivity contribution in [2.75, 3.05) is 26.7 Å². The van der Waals surface area contributed by atoms with Crippen LogP contribution in [0.3, 0.4) is 0 Å². The van der Waals surface area contributed by atoms with E-state index in [1.165, 1.54) is 44.5 Å². The minimum Gasteiger partial charge on any atom is -0.317 e. The van der Waals surface area contributed by atoms with Crippen LogP contribution in [0.1, 0.15) is 24.8 Å². The molecule has 0 aliphatic carbocycles. The summed E-state index contributed by atoms with van der Waals surface area (Å²) in [5.41, 5.74) is 1.39. The van der Waals surface area contributed by atoms with Crippen molar-refractivity contribution in [3.8, 4) is 0 Å². The molecule has 1 N–H and O–H groups in total. The van der Waals surface area contributed by atoms with Crippen LogP contribution in [0.25, 0.3) is 0 Å². The van der Waals surface area contributed by atoms with Crippen LogP contribution in [0.2, 0.25) is 0 Å². The molecule has 4 heteroatoms. The van der Waals surface area contributed by atoms with E-state index < -0.39 is 0 Å². The Labute approximate surface area is 131 Å². The number of benzene rings is 1. The van der Waals surface area contributed by atoms with Crippen LogP contribution in [-0.4, -0.2) is 31.6 Å². The lowest BCUT2D eigenvalue weighted by Gasteiger charge is -2.25. The number of nitrogens with zero attached hydrogens (tertiary/aromatic N) is 1. The SMILES string of the molecule is CN(CCC1CCNCC1)Cc1ccc(Br)cc1.Cl. The van der Waals surface area contributed by atoms with Gasteiger partial charge in [0.1, 0.15) is 0 Å². The molecular formula is C15H24BrClN2. The van der Waals surface area contributed by atoms with E-state index in [-0.39, 0.29) is 12.4 Å². The third kappa shape index (κ3) is 6.26. The van der Waals surface area contributed by atoms with Gasteiger partial charge in [-0.15, -0.1) is 12.4 Å². The molecule has 0 aromatic heterocycles. The zero-order chi connectivity index (χ0) is 12.8. The monoisotopic (exact) mass is 346 g/mol. The molecule has 0 amide bonds. The molecule has 108 valence electrons. The highest BCUT2D eigenvalue weighted by Crippen LogP contribution is 2.17. The van der Waals surface area contributed by atoms with Crippen molar-refractivity contribution < 1.29 is 0 Å². The summed E-state index contributed by atoms with van der Waals surface area (Å²) in [5.74, 6) is 0.929. The van der Waals surface area contributed by atoms with Crippen molar-refractivity contribution in [1.82, 2.24) is 10.2 Å². The minimum atomic E-state index is 0. The van der Waals surface area contributed by atoms with Gasteiger partial charge in [-0.25, -0.2) is 0 Å². The zero-order valence-electron chi connectivity index (χ0n) is 11.6. The molecule has 0 unspecified atom stereocenters. The molecule has 0 bridgehead atoms. The van der Waals surface area contributed by atoms with Crippen molar-refractivity contribution in [1.29, 1.82) is 0 Å². The fourth-order valence-electron chi connectivity index (χ4n) is 2.55. The van der Waals surface area contributed by atoms with Crippen molar-refractivity contribution >= 4 is 28.3 Å². The Morgan fingerprint density at radius 2 is 1.84 bits per heavy atom. The highest BCUT2D eigenvalue weighted by atomic mass is 79.9. The zero-order valence-corrected chi connectivity index (χ0v) is 14.0. The summed E-state index contributed by atoms with van der Waals surface area (Å²) in [5, 5.41) is 3.43. The van der Waals surface area contributed by atoms with Gasteiger partial charge in [0.15, 0.2) is 0 Å². The van der Waals surface area contributed by atoms with Crippen LogP contribution >= 0.6 is 28.3 Å². The standard InChI is InChI=1S/C15H23BrN2.ClH/c1-18(11-8-13-6-9-17-10-7-13)12-14-2-4-15(16)5-3-14;/h2-5,13,17H,6-12H2,1H3;1H. The first-order valence-corrected chi connectivity index (χ1v) is 7.67. The molecule has 1 saturated heterocycles. The van der Waals surface area contributed by atoms with E-state index in [4.69, 9.17) is 0 Å². The van der Waals surface area contributed by atoms with Crippen molar-refractivity contribution in [3.05, 3.63) is 34.3 Å². The van der Waals surface area contributed by atoms with Crippen LogP contribution < -0.4 is 5.32 Å². The van der Waals surface area contributed by atoms with Crippen molar-refractivity contribution in [2.24, 2.45) is 5.92 Å². The topological polar surface area (TPSA) is 15.3 Å². The average Bonchev–Trinajstić information content (AvgIpc) is 2.40. The van der Waals surface area contributed by atoms with E-state index in [9.17, 15) is 0 Å². The number of nitrogens with one attached hydrogen (secondary N) is 1. The first-order chi connectivity index (χ1) is 8.74. The van der Waals surface area contributed by atoms with Gasteiger partial charge in [-0.05, 0) is 69.6 Å². The molecule has 1 heterocycles. The van der Waals surface area contributed by atoms with E-state index in [0.29, 0.717) is 0 Å². The van der Waals surface area contributed by atoms with Crippen molar-refractivity contribution in [2.45, 2.75) is 25.8 Å². The summed E-state index contributed by atoms with van der Waals surface area (Å²) in [6.45, 7) is 4.68. The summed E-state index contributed by atoms with van der Waals surface area (Å²) in [6.07, 6.45) is 4.05. The summed E-state index contributed by atoms with van der Waals surface area (Å²) < 4.78 is 1.16. The maximum Gasteiger partial charge on any atom is 0.0230 e. The van der Waals surface area contributed by atoms with E-state index >= 15 is 0 Å². The summed E-state index contributed by atoms with van der Waals surface area (Å²) in [4.78, 5) is 2.44. The third-order valence-electron chi connectivity index (χ3n) is 3.74. The van der Waals surface area contributed by atoms with Crippen LogP contribution in [0.4, 0.5) is 0 Å². The Morgan fingerprint density at radius 3 is 2.47 bits per heavy atom. The lowest BCUT2D eigenvalue weighted by atomic mass is 9.94. The normalized spacial score (nSPS) is 16.4. The first-order valence-electron chi connectivity index (χ1n) is 6.88. The predicted molar refractivity (Wildman–Crippen MR) is 87.9 cm³/mol. The van der Waals surface area contributed by atoms with Gasteiger partial charge in [0, 0.05) is 11.0 Å². The maximum absolute atomic E-state index is 3.47. The molecule has 1 aromatic rings. The molecule has 2 rings (SSSR count). The van der Waals surface area contributed by atoms with E-state index in [1.54, 1.807) is 0 Å². The molecule has 1 aliphatic heterocycles. The van der Waals surface area contributed by atoms with Crippen LogP contribution in [0.15, 0.2) is 28.7 Å². The number of halogens is 2. The molecular weight excluding hydrogens is 324 g/mol. The highest BCUT2D eigenvalue weighted by Gasteiger charge is 2.13. The second kappa shape index (κ2) is 8.96. The highest BCUT2D eigenvalue weighted by molar-refractivity contribution is 9.10. The number of hydrogen-bond donors (Lipinski definition) is 1. The molecule has 0 atom stereocenters. The van der Waals surface area contributed by atoms with Gasteiger partial charge in [-0.2, -0.15) is 0 Å². The van der Waals surface area contributed by atoms with Gasteiger partial charge in [-0.3, -0.25) is 0 Å². The fourth-order valence-corrected chi connectivity index (χ4v) is 2.82. The largest absolute Gasteiger partial charge is 0.317 e. The third-order valence-corrected chi connectivity index (χ3v) is 4.27. The summed E-state index contributed by atoms with van der Waals surface area (Å²) in [6, 6.07) is 8.64. The molecule has 1 fully saturated rings. The molecule has 1 aromatic carbocycles. The second-order valence-corrected chi connectivity index (χ2v) is 6.26. The van der Waals surface area contributed by atoms with E-state index in [0.717, 1.165) is 16.9 Å².